The molecule has 2 heterocycles. The Hall–Kier alpha value is -4.62. The lowest BCUT2D eigenvalue weighted by molar-refractivity contribution is -0.124. The highest BCUT2D eigenvalue weighted by molar-refractivity contribution is 6.30. The number of hydrogen-bond acceptors (Lipinski definition) is 6. The van der Waals surface area contributed by atoms with Gasteiger partial charge in [0.05, 0.1) is 34.3 Å². The molecule has 0 spiro atoms. The summed E-state index contributed by atoms with van der Waals surface area (Å²) in [6.07, 6.45) is 4.43. The van der Waals surface area contributed by atoms with Crippen LogP contribution in [0.15, 0.2) is 84.9 Å². The van der Waals surface area contributed by atoms with Crippen LogP contribution in [0.25, 0.3) is 22.2 Å². The number of Topliss-reactive ketones (excluding diaryl/α,β-unsaturated/α-hetero) is 1. The van der Waals surface area contributed by atoms with Crippen molar-refractivity contribution in [3.63, 3.8) is 0 Å². The van der Waals surface area contributed by atoms with Gasteiger partial charge in [0.1, 0.15) is 0 Å². The van der Waals surface area contributed by atoms with Crippen LogP contribution < -0.4 is 4.90 Å². The quantitative estimate of drug-likeness (QED) is 0.102. The van der Waals surface area contributed by atoms with Crippen LogP contribution in [-0.2, 0) is 14.3 Å². The fraction of sp³-hybridized carbons (Fsp3) is 0.270. The van der Waals surface area contributed by atoms with Crippen molar-refractivity contribution in [1.29, 1.82) is 0 Å². The molecule has 45 heavy (non-hydrogen) atoms. The SMILES string of the molecule is Cc1ccc2nc(-c3ccc(N4C(=O)C5C6C=CC(C7CC67)C5C4=O)cc3)cc(C(=O)OC(C)C(=O)c3ccc(Cl)cc3)c2c1. The molecule has 2 saturated carbocycles. The number of nitrogens with zero attached hydrogens (tertiary/aromatic N) is 2. The van der Waals surface area contributed by atoms with Gasteiger partial charge >= 0.3 is 5.97 Å². The van der Waals surface area contributed by atoms with Crippen molar-refractivity contribution in [2.24, 2.45) is 35.5 Å². The fourth-order valence-electron chi connectivity index (χ4n) is 7.78. The molecule has 4 aliphatic carbocycles. The lowest BCUT2D eigenvalue weighted by atomic mass is 9.63. The number of rotatable bonds is 6. The van der Waals surface area contributed by atoms with Crippen molar-refractivity contribution in [2.45, 2.75) is 26.4 Å². The molecule has 5 aliphatic rings. The van der Waals surface area contributed by atoms with E-state index >= 15 is 0 Å². The van der Waals surface area contributed by atoms with Gasteiger partial charge in [-0.05, 0) is 98.5 Å². The minimum Gasteiger partial charge on any atom is -0.451 e. The van der Waals surface area contributed by atoms with Crippen molar-refractivity contribution in [2.75, 3.05) is 4.90 Å². The van der Waals surface area contributed by atoms with Crippen LogP contribution in [0, 0.1) is 42.4 Å². The number of halogens is 1. The summed E-state index contributed by atoms with van der Waals surface area (Å²) < 4.78 is 5.68. The highest BCUT2D eigenvalue weighted by atomic mass is 35.5. The molecule has 3 fully saturated rings. The lowest BCUT2D eigenvalue weighted by Gasteiger charge is -2.37. The van der Waals surface area contributed by atoms with Crippen LogP contribution in [0.3, 0.4) is 0 Å². The third kappa shape index (κ3) is 4.44. The van der Waals surface area contributed by atoms with Gasteiger partial charge in [-0.2, -0.15) is 0 Å². The third-order valence-electron chi connectivity index (χ3n) is 10.0. The standard InChI is InChI=1S/C37H29ClN2O5/c1-18-3-14-30-28(15-18)29(37(44)45-19(2)34(41)21-4-8-22(38)9-5-21)17-31(39-30)20-6-10-23(11-7-20)40-35(42)32-24-12-13-25(27-16-26(24)27)33(32)36(40)43/h3-15,17,19,24-27,32-33H,16H2,1-2H3. The molecule has 2 amide bonds. The molecular weight excluding hydrogens is 588 g/mol. The Morgan fingerprint density at radius 3 is 2.18 bits per heavy atom. The number of imide groups is 1. The van der Waals surface area contributed by atoms with E-state index in [2.05, 4.69) is 12.2 Å². The predicted molar refractivity (Wildman–Crippen MR) is 170 cm³/mol. The van der Waals surface area contributed by atoms with Gasteiger partial charge in [0.25, 0.3) is 0 Å². The van der Waals surface area contributed by atoms with Crippen molar-refractivity contribution in [3.05, 3.63) is 107 Å². The highest BCUT2D eigenvalue weighted by Gasteiger charge is 2.67. The number of pyridine rings is 1. The van der Waals surface area contributed by atoms with Crippen LogP contribution in [0.2, 0.25) is 5.02 Å². The zero-order valence-corrected chi connectivity index (χ0v) is 25.4. The molecule has 7 atom stereocenters. The normalized spacial score (nSPS) is 26.5. The number of aromatic nitrogens is 1. The molecule has 7 nitrogen and oxygen atoms in total. The monoisotopic (exact) mass is 616 g/mol. The van der Waals surface area contributed by atoms with Crippen molar-refractivity contribution in [1.82, 2.24) is 4.98 Å². The number of carbonyl (C=O) groups is 4. The first-order valence-electron chi connectivity index (χ1n) is 15.3. The zero-order chi connectivity index (χ0) is 31.1. The topological polar surface area (TPSA) is 93.6 Å². The van der Waals surface area contributed by atoms with E-state index in [1.54, 1.807) is 49.4 Å². The number of esters is 1. The summed E-state index contributed by atoms with van der Waals surface area (Å²) in [7, 11) is 0. The number of ether oxygens (including phenoxy) is 1. The molecule has 0 N–H and O–H groups in total. The second-order valence-electron chi connectivity index (χ2n) is 12.7. The Bertz CT molecular complexity index is 1930. The smallest absolute Gasteiger partial charge is 0.339 e. The van der Waals surface area contributed by atoms with Crippen LogP contribution in [0.1, 0.15) is 39.6 Å². The number of carbonyl (C=O) groups excluding carboxylic acids is 4. The number of hydrogen-bond donors (Lipinski definition) is 0. The van der Waals surface area contributed by atoms with Crippen molar-refractivity contribution >= 4 is 51.8 Å². The molecule has 1 saturated heterocycles. The second kappa shape index (κ2) is 10.2. The first kappa shape index (κ1) is 27.9. The maximum Gasteiger partial charge on any atom is 0.339 e. The third-order valence-corrected chi connectivity index (χ3v) is 10.3. The molecule has 7 unspecified atom stereocenters. The van der Waals surface area contributed by atoms with Gasteiger partial charge in [0, 0.05) is 21.5 Å². The molecule has 224 valence electrons. The van der Waals surface area contributed by atoms with Gasteiger partial charge in [-0.25, -0.2) is 9.78 Å². The van der Waals surface area contributed by atoms with E-state index in [-0.39, 0.29) is 46.8 Å². The Labute approximate surface area is 264 Å². The van der Waals surface area contributed by atoms with Crippen molar-refractivity contribution < 1.29 is 23.9 Å². The number of anilines is 1. The average molecular weight is 617 g/mol. The number of amides is 2. The van der Waals surface area contributed by atoms with Crippen LogP contribution >= 0.6 is 11.6 Å². The van der Waals surface area contributed by atoms with E-state index in [1.807, 2.05) is 37.3 Å². The molecule has 1 aliphatic heterocycles. The predicted octanol–water partition coefficient (Wildman–Crippen LogP) is 6.85. The molecule has 2 bridgehead atoms. The zero-order valence-electron chi connectivity index (χ0n) is 24.6. The number of aryl methyl sites for hydroxylation is 1. The van der Waals surface area contributed by atoms with Gasteiger partial charge in [-0.3, -0.25) is 19.3 Å². The number of fused-ring (bicyclic) bond motifs is 1. The van der Waals surface area contributed by atoms with E-state index < -0.39 is 12.1 Å². The van der Waals surface area contributed by atoms with Crippen LogP contribution in [0.4, 0.5) is 5.69 Å². The van der Waals surface area contributed by atoms with Crippen LogP contribution in [-0.4, -0.2) is 34.7 Å². The maximum absolute atomic E-state index is 13.6. The Balaban J connectivity index is 1.08. The number of ketones is 1. The summed E-state index contributed by atoms with van der Waals surface area (Å²) in [5, 5.41) is 1.12. The largest absolute Gasteiger partial charge is 0.451 e. The molecule has 0 radical (unpaired) electrons. The Kier molecular flexibility index (Phi) is 6.33. The summed E-state index contributed by atoms with van der Waals surface area (Å²) >= 11 is 5.96. The summed E-state index contributed by atoms with van der Waals surface area (Å²) in [5.41, 5.74) is 4.00. The Morgan fingerprint density at radius 1 is 0.889 bits per heavy atom. The van der Waals surface area contributed by atoms with Crippen molar-refractivity contribution in [3.8, 4) is 11.3 Å². The minimum atomic E-state index is -1.02. The summed E-state index contributed by atoms with van der Waals surface area (Å²) in [4.78, 5) is 59.8. The minimum absolute atomic E-state index is 0.103. The van der Waals surface area contributed by atoms with Crippen LogP contribution in [0.5, 0.6) is 0 Å². The van der Waals surface area contributed by atoms with E-state index in [1.165, 1.54) is 4.90 Å². The first-order valence-corrected chi connectivity index (χ1v) is 15.7. The Morgan fingerprint density at radius 2 is 1.53 bits per heavy atom. The number of benzene rings is 3. The van der Waals surface area contributed by atoms with E-state index in [0.717, 1.165) is 12.0 Å². The van der Waals surface area contributed by atoms with Gasteiger partial charge in [-0.15, -0.1) is 0 Å². The maximum atomic E-state index is 13.6. The summed E-state index contributed by atoms with van der Waals surface area (Å²) in [6, 6.07) is 20.9. The second-order valence-corrected chi connectivity index (χ2v) is 13.1. The van der Waals surface area contributed by atoms with Gasteiger partial charge in [0.2, 0.25) is 17.6 Å². The molecule has 1 aromatic heterocycles. The van der Waals surface area contributed by atoms with Gasteiger partial charge in [-0.1, -0.05) is 47.5 Å². The molecule has 3 aromatic carbocycles. The average Bonchev–Trinajstić information content (AvgIpc) is 3.83. The molecule has 4 aromatic rings. The molecular formula is C37H29ClN2O5. The number of allylic oxidation sites excluding steroid dienone is 2. The van der Waals surface area contributed by atoms with E-state index in [0.29, 0.717) is 50.3 Å². The van der Waals surface area contributed by atoms with Gasteiger partial charge in [0.15, 0.2) is 6.10 Å². The molecule has 8 heteroatoms. The van der Waals surface area contributed by atoms with E-state index in [9.17, 15) is 19.2 Å². The highest BCUT2D eigenvalue weighted by Crippen LogP contribution is 2.65. The van der Waals surface area contributed by atoms with E-state index in [4.69, 9.17) is 21.3 Å². The summed E-state index contributed by atoms with van der Waals surface area (Å²) in [6.45, 7) is 3.47. The fourth-order valence-corrected chi connectivity index (χ4v) is 7.90. The van der Waals surface area contributed by atoms with Gasteiger partial charge < -0.3 is 4.74 Å². The first-order chi connectivity index (χ1) is 21.7. The summed E-state index contributed by atoms with van der Waals surface area (Å²) in [5.74, 6) is -0.284. The molecule has 9 rings (SSSR count). The lowest BCUT2D eigenvalue weighted by Crippen LogP contribution is -2.40.